The summed E-state index contributed by atoms with van der Waals surface area (Å²) in [5, 5.41) is 2.86. The SMILES string of the molecule is CCc1ccc2nc(NC(=O)CF)sc2c1. The van der Waals surface area contributed by atoms with Crippen LogP contribution in [0, 0.1) is 0 Å². The van der Waals surface area contributed by atoms with Gasteiger partial charge in [0.2, 0.25) is 0 Å². The highest BCUT2D eigenvalue weighted by molar-refractivity contribution is 7.22. The first-order valence-electron chi connectivity index (χ1n) is 4.98. The third-order valence-electron chi connectivity index (χ3n) is 2.23. The lowest BCUT2D eigenvalue weighted by Crippen LogP contribution is -2.12. The van der Waals surface area contributed by atoms with Crippen LogP contribution >= 0.6 is 11.3 Å². The van der Waals surface area contributed by atoms with Gasteiger partial charge in [-0.3, -0.25) is 10.1 Å². The van der Waals surface area contributed by atoms with Gasteiger partial charge < -0.3 is 0 Å². The van der Waals surface area contributed by atoms with Crippen LogP contribution < -0.4 is 5.32 Å². The van der Waals surface area contributed by atoms with Crippen molar-refractivity contribution in [1.29, 1.82) is 0 Å². The van der Waals surface area contributed by atoms with E-state index in [-0.39, 0.29) is 0 Å². The summed E-state index contributed by atoms with van der Waals surface area (Å²) in [6.07, 6.45) is 0.958. The van der Waals surface area contributed by atoms with E-state index in [4.69, 9.17) is 0 Å². The number of hydrogen-bond acceptors (Lipinski definition) is 3. The van der Waals surface area contributed by atoms with Crippen molar-refractivity contribution < 1.29 is 9.18 Å². The Kier molecular flexibility index (Phi) is 3.14. The molecule has 0 aliphatic heterocycles. The van der Waals surface area contributed by atoms with Crippen molar-refractivity contribution in [3.8, 4) is 0 Å². The number of hydrogen-bond donors (Lipinski definition) is 1. The molecule has 0 spiro atoms. The Balaban J connectivity index is 2.32. The van der Waals surface area contributed by atoms with Gasteiger partial charge in [-0.05, 0) is 24.1 Å². The lowest BCUT2D eigenvalue weighted by atomic mass is 10.2. The zero-order valence-electron chi connectivity index (χ0n) is 8.79. The number of amides is 1. The first-order valence-corrected chi connectivity index (χ1v) is 5.80. The highest BCUT2D eigenvalue weighted by Crippen LogP contribution is 2.26. The molecule has 0 aliphatic rings. The molecule has 0 fully saturated rings. The van der Waals surface area contributed by atoms with E-state index in [1.54, 1.807) is 0 Å². The summed E-state index contributed by atoms with van der Waals surface area (Å²) in [5.41, 5.74) is 2.05. The first-order chi connectivity index (χ1) is 7.72. The lowest BCUT2D eigenvalue weighted by molar-refractivity contribution is -0.117. The second-order valence-electron chi connectivity index (χ2n) is 3.36. The average molecular weight is 238 g/mol. The molecule has 1 heterocycles. The molecule has 16 heavy (non-hydrogen) atoms. The van der Waals surface area contributed by atoms with Crippen molar-refractivity contribution in [3.05, 3.63) is 23.8 Å². The number of thiazole rings is 1. The summed E-state index contributed by atoms with van der Waals surface area (Å²) in [6.45, 7) is 1.06. The molecule has 0 radical (unpaired) electrons. The molecule has 3 nitrogen and oxygen atoms in total. The summed E-state index contributed by atoms with van der Waals surface area (Å²) in [4.78, 5) is 15.1. The van der Waals surface area contributed by atoms with E-state index in [0.29, 0.717) is 5.13 Å². The molecule has 0 unspecified atom stereocenters. The maximum absolute atomic E-state index is 12.0. The van der Waals surface area contributed by atoms with Crippen LogP contribution in [0.4, 0.5) is 9.52 Å². The largest absolute Gasteiger partial charge is 0.300 e. The van der Waals surface area contributed by atoms with E-state index >= 15 is 0 Å². The second-order valence-corrected chi connectivity index (χ2v) is 4.39. The van der Waals surface area contributed by atoms with Gasteiger partial charge in [-0.25, -0.2) is 9.37 Å². The van der Waals surface area contributed by atoms with Crippen molar-refractivity contribution in [1.82, 2.24) is 4.98 Å². The van der Waals surface area contributed by atoms with Crippen molar-refractivity contribution in [2.75, 3.05) is 12.0 Å². The molecule has 0 aliphatic carbocycles. The summed E-state index contributed by atoms with van der Waals surface area (Å²) in [5.74, 6) is -0.658. The molecule has 0 saturated carbocycles. The smallest absolute Gasteiger partial charge is 0.257 e. The Morgan fingerprint density at radius 3 is 3.06 bits per heavy atom. The number of carbonyl (C=O) groups is 1. The van der Waals surface area contributed by atoms with Crippen LogP contribution in [0.2, 0.25) is 0 Å². The number of rotatable bonds is 3. The van der Waals surface area contributed by atoms with Gasteiger partial charge in [-0.15, -0.1) is 0 Å². The quantitative estimate of drug-likeness (QED) is 0.893. The van der Waals surface area contributed by atoms with Crippen LogP contribution in [0.25, 0.3) is 10.2 Å². The third kappa shape index (κ3) is 2.19. The van der Waals surface area contributed by atoms with Crippen LogP contribution in [0.15, 0.2) is 18.2 Å². The number of aryl methyl sites for hydroxylation is 1. The van der Waals surface area contributed by atoms with Gasteiger partial charge in [-0.2, -0.15) is 0 Å². The van der Waals surface area contributed by atoms with E-state index in [0.717, 1.165) is 16.6 Å². The maximum Gasteiger partial charge on any atom is 0.257 e. The predicted octanol–water partition coefficient (Wildman–Crippen LogP) is 2.77. The summed E-state index contributed by atoms with van der Waals surface area (Å²) in [6, 6.07) is 5.96. The highest BCUT2D eigenvalue weighted by Gasteiger charge is 2.07. The van der Waals surface area contributed by atoms with Gasteiger partial charge in [0, 0.05) is 0 Å². The fraction of sp³-hybridized carbons (Fsp3) is 0.273. The van der Waals surface area contributed by atoms with Crippen molar-refractivity contribution in [3.63, 3.8) is 0 Å². The topological polar surface area (TPSA) is 42.0 Å². The van der Waals surface area contributed by atoms with Crippen LogP contribution in [-0.4, -0.2) is 17.6 Å². The Hall–Kier alpha value is -1.49. The Bertz CT molecular complexity index is 524. The number of carbonyl (C=O) groups excluding carboxylic acids is 1. The fourth-order valence-electron chi connectivity index (χ4n) is 1.40. The number of anilines is 1. The standard InChI is InChI=1S/C11H11FN2OS/c1-2-7-3-4-8-9(5-7)16-11(13-8)14-10(15)6-12/h3-5H,2,6H2,1H3,(H,13,14,15). The Morgan fingerprint density at radius 1 is 1.56 bits per heavy atom. The molecule has 0 bridgehead atoms. The monoisotopic (exact) mass is 238 g/mol. The minimum atomic E-state index is -1.02. The van der Waals surface area contributed by atoms with E-state index in [9.17, 15) is 9.18 Å². The van der Waals surface area contributed by atoms with Crippen molar-refractivity contribution >= 4 is 32.6 Å². The third-order valence-corrected chi connectivity index (χ3v) is 3.16. The van der Waals surface area contributed by atoms with E-state index < -0.39 is 12.6 Å². The molecule has 84 valence electrons. The zero-order chi connectivity index (χ0) is 11.5. The second kappa shape index (κ2) is 4.57. The molecule has 2 aromatic rings. The molecular formula is C11H11FN2OS. The normalized spacial score (nSPS) is 10.6. The average Bonchev–Trinajstić information content (AvgIpc) is 2.69. The zero-order valence-corrected chi connectivity index (χ0v) is 9.60. The first kappa shape index (κ1) is 11.0. The number of fused-ring (bicyclic) bond motifs is 1. The predicted molar refractivity (Wildman–Crippen MR) is 63.6 cm³/mol. The van der Waals surface area contributed by atoms with E-state index in [2.05, 4.69) is 17.2 Å². The molecule has 1 aromatic carbocycles. The summed E-state index contributed by atoms with van der Waals surface area (Å²) >= 11 is 1.36. The number of nitrogens with one attached hydrogen (secondary N) is 1. The van der Waals surface area contributed by atoms with Gasteiger partial charge in [0.05, 0.1) is 10.2 Å². The van der Waals surface area contributed by atoms with Gasteiger partial charge in [0.1, 0.15) is 0 Å². The molecule has 1 amide bonds. The number of halogens is 1. The summed E-state index contributed by atoms with van der Waals surface area (Å²) < 4.78 is 13.0. The van der Waals surface area contributed by atoms with Crippen molar-refractivity contribution in [2.45, 2.75) is 13.3 Å². The molecule has 2 rings (SSSR count). The number of alkyl halides is 1. The van der Waals surface area contributed by atoms with Crippen LogP contribution in [0.3, 0.4) is 0 Å². The van der Waals surface area contributed by atoms with E-state index in [1.807, 2.05) is 18.2 Å². The Labute approximate surface area is 96.3 Å². The molecule has 1 N–H and O–H groups in total. The highest BCUT2D eigenvalue weighted by atomic mass is 32.1. The van der Waals surface area contributed by atoms with Gasteiger partial charge in [0.15, 0.2) is 11.8 Å². The summed E-state index contributed by atoms with van der Waals surface area (Å²) in [7, 11) is 0. The van der Waals surface area contributed by atoms with Crippen LogP contribution in [-0.2, 0) is 11.2 Å². The minimum Gasteiger partial charge on any atom is -0.300 e. The number of benzene rings is 1. The fourth-order valence-corrected chi connectivity index (χ4v) is 2.34. The van der Waals surface area contributed by atoms with Crippen LogP contribution in [0.5, 0.6) is 0 Å². The minimum absolute atomic E-state index is 0.450. The number of nitrogens with zero attached hydrogens (tertiary/aromatic N) is 1. The molecular weight excluding hydrogens is 227 g/mol. The Morgan fingerprint density at radius 2 is 2.38 bits per heavy atom. The molecule has 0 saturated heterocycles. The lowest BCUT2D eigenvalue weighted by Gasteiger charge is -1.93. The van der Waals surface area contributed by atoms with Gasteiger partial charge >= 0.3 is 0 Å². The van der Waals surface area contributed by atoms with Crippen molar-refractivity contribution in [2.24, 2.45) is 0 Å². The van der Waals surface area contributed by atoms with Gasteiger partial charge in [0.25, 0.3) is 5.91 Å². The maximum atomic E-state index is 12.0. The molecule has 1 aromatic heterocycles. The van der Waals surface area contributed by atoms with Crippen LogP contribution in [0.1, 0.15) is 12.5 Å². The number of aromatic nitrogens is 1. The van der Waals surface area contributed by atoms with Gasteiger partial charge in [-0.1, -0.05) is 24.3 Å². The molecule has 5 heteroatoms. The molecule has 0 atom stereocenters. The van der Waals surface area contributed by atoms with E-state index in [1.165, 1.54) is 16.9 Å².